The Hall–Kier alpha value is -3.07. The van der Waals surface area contributed by atoms with E-state index in [2.05, 4.69) is 5.16 Å². The van der Waals surface area contributed by atoms with Crippen molar-refractivity contribution in [3.8, 4) is 5.75 Å². The zero-order chi connectivity index (χ0) is 26.2. The molecule has 0 bridgehead atoms. The Labute approximate surface area is 217 Å². The van der Waals surface area contributed by atoms with E-state index in [0.717, 1.165) is 12.1 Å². The molecule has 1 aromatic heterocycles. The summed E-state index contributed by atoms with van der Waals surface area (Å²) in [5.41, 5.74) is 1.05. The van der Waals surface area contributed by atoms with Crippen LogP contribution in [0.15, 0.2) is 28.8 Å². The van der Waals surface area contributed by atoms with Crippen LogP contribution in [0.1, 0.15) is 66.1 Å². The fourth-order valence-corrected chi connectivity index (χ4v) is 4.22. The number of nitrogens with zero attached hydrogens (tertiary/aromatic N) is 4. The fourth-order valence-electron chi connectivity index (χ4n) is 4.04. The van der Waals surface area contributed by atoms with E-state index < -0.39 is 6.04 Å². The van der Waals surface area contributed by atoms with Crippen molar-refractivity contribution < 1.29 is 23.6 Å². The number of aryl methyl sites for hydroxylation is 1. The van der Waals surface area contributed by atoms with Gasteiger partial charge in [-0.15, -0.1) is 0 Å². The van der Waals surface area contributed by atoms with Crippen LogP contribution < -0.4 is 4.74 Å². The number of benzene rings is 1. The average molecular weight is 519 g/mol. The summed E-state index contributed by atoms with van der Waals surface area (Å²) < 4.78 is 11.2. The van der Waals surface area contributed by atoms with E-state index in [-0.39, 0.29) is 23.5 Å². The molecule has 1 aromatic carbocycles. The van der Waals surface area contributed by atoms with Crippen LogP contribution >= 0.6 is 11.6 Å². The van der Waals surface area contributed by atoms with Crippen molar-refractivity contribution in [2.75, 3.05) is 40.3 Å². The number of fused-ring (bicyclic) bond motifs is 1. The molecular weight excluding hydrogens is 484 g/mol. The smallest absolute Gasteiger partial charge is 0.292 e. The monoisotopic (exact) mass is 518 g/mol. The second-order valence-corrected chi connectivity index (χ2v) is 9.52. The summed E-state index contributed by atoms with van der Waals surface area (Å²) in [5.74, 6) is -0.0354. The highest BCUT2D eigenvalue weighted by atomic mass is 35.5. The summed E-state index contributed by atoms with van der Waals surface area (Å²) in [6, 6.07) is 5.93. The van der Waals surface area contributed by atoms with Crippen molar-refractivity contribution in [3.05, 3.63) is 46.3 Å². The Balaban J connectivity index is 1.79. The lowest BCUT2D eigenvalue weighted by molar-refractivity contribution is -0.133. The van der Waals surface area contributed by atoms with Gasteiger partial charge in [-0.05, 0) is 57.2 Å². The van der Waals surface area contributed by atoms with Crippen molar-refractivity contribution in [1.82, 2.24) is 19.9 Å². The largest absolute Gasteiger partial charge is 0.493 e. The van der Waals surface area contributed by atoms with Gasteiger partial charge in [0.25, 0.3) is 11.8 Å². The predicted molar refractivity (Wildman–Crippen MR) is 136 cm³/mol. The molecule has 0 spiro atoms. The van der Waals surface area contributed by atoms with E-state index in [9.17, 15) is 14.4 Å². The Morgan fingerprint density at radius 1 is 1.08 bits per heavy atom. The van der Waals surface area contributed by atoms with Gasteiger partial charge in [0.1, 0.15) is 11.8 Å². The minimum atomic E-state index is -0.665. The van der Waals surface area contributed by atoms with Gasteiger partial charge in [-0.1, -0.05) is 23.7 Å². The molecule has 3 amide bonds. The molecule has 1 atom stereocenters. The third-order valence-corrected chi connectivity index (χ3v) is 6.71. The summed E-state index contributed by atoms with van der Waals surface area (Å²) in [7, 11) is 3.33. The highest BCUT2D eigenvalue weighted by molar-refractivity contribution is 6.31. The number of carbonyl (C=O) groups excluding carboxylic acids is 3. The standard InChI is InChI=1S/C26H35ClN4O5/c1-5-20-17-23(36-28-20)26(34)31-13-7-6-12-29(3)24(32)18(2)30(4)25(33)21-16-19(27)10-11-22(21)35-15-9-8-14-31/h10-11,16-18H,5-9,12-15H2,1-4H3/t18-/m0/s1. The van der Waals surface area contributed by atoms with Crippen molar-refractivity contribution in [2.24, 2.45) is 0 Å². The second kappa shape index (κ2) is 12.8. The maximum atomic E-state index is 13.2. The normalized spacial score (nSPS) is 19.0. The molecule has 1 aliphatic heterocycles. The van der Waals surface area contributed by atoms with Crippen LogP contribution in [0.25, 0.3) is 0 Å². The zero-order valence-electron chi connectivity index (χ0n) is 21.5. The number of rotatable bonds is 2. The molecular formula is C26H35ClN4O5. The summed E-state index contributed by atoms with van der Waals surface area (Å²) in [6.45, 7) is 5.62. The zero-order valence-corrected chi connectivity index (χ0v) is 22.2. The van der Waals surface area contributed by atoms with Crippen LogP contribution in [-0.2, 0) is 11.2 Å². The molecule has 0 radical (unpaired) electrons. The van der Waals surface area contributed by atoms with Crippen LogP contribution in [0.5, 0.6) is 5.75 Å². The molecule has 3 rings (SSSR count). The molecule has 9 nitrogen and oxygen atoms in total. The molecule has 0 unspecified atom stereocenters. The van der Waals surface area contributed by atoms with Crippen molar-refractivity contribution in [1.29, 1.82) is 0 Å². The topological polar surface area (TPSA) is 96.2 Å². The first kappa shape index (κ1) is 27.5. The number of aromatic nitrogens is 1. The Morgan fingerprint density at radius 3 is 2.47 bits per heavy atom. The van der Waals surface area contributed by atoms with Crippen LogP contribution in [0.4, 0.5) is 0 Å². The molecule has 1 aliphatic rings. The molecule has 0 saturated heterocycles. The van der Waals surface area contributed by atoms with E-state index in [4.69, 9.17) is 20.9 Å². The maximum Gasteiger partial charge on any atom is 0.292 e. The van der Waals surface area contributed by atoms with Crippen LogP contribution in [0.3, 0.4) is 0 Å². The molecule has 10 heteroatoms. The third-order valence-electron chi connectivity index (χ3n) is 6.48. The summed E-state index contributed by atoms with van der Waals surface area (Å²) in [4.78, 5) is 44.1. The second-order valence-electron chi connectivity index (χ2n) is 9.08. The molecule has 2 heterocycles. The number of likely N-dealkylation sites (N-methyl/N-ethyl adjacent to an activating group) is 2. The van der Waals surface area contributed by atoms with E-state index in [1.807, 2.05) is 6.92 Å². The summed E-state index contributed by atoms with van der Waals surface area (Å²) >= 11 is 6.16. The van der Waals surface area contributed by atoms with Crippen LogP contribution in [0, 0.1) is 0 Å². The first-order valence-corrected chi connectivity index (χ1v) is 12.8. The van der Waals surface area contributed by atoms with Gasteiger partial charge in [-0.2, -0.15) is 0 Å². The van der Waals surface area contributed by atoms with Gasteiger partial charge < -0.3 is 24.0 Å². The van der Waals surface area contributed by atoms with Gasteiger partial charge in [0.15, 0.2) is 0 Å². The fraction of sp³-hybridized carbons (Fsp3) is 0.538. The van der Waals surface area contributed by atoms with Crippen molar-refractivity contribution in [2.45, 2.75) is 52.0 Å². The van der Waals surface area contributed by atoms with E-state index in [0.29, 0.717) is 68.3 Å². The lowest BCUT2D eigenvalue weighted by Gasteiger charge is -2.29. The number of carbonyl (C=O) groups is 3. The van der Waals surface area contributed by atoms with Crippen LogP contribution in [-0.4, -0.2) is 84.0 Å². The van der Waals surface area contributed by atoms with E-state index >= 15 is 0 Å². The Bertz CT molecular complexity index is 1070. The molecule has 36 heavy (non-hydrogen) atoms. The highest BCUT2D eigenvalue weighted by Gasteiger charge is 2.28. The molecule has 2 aromatic rings. The SMILES string of the molecule is CCc1cc(C(=O)N2CCCCOc3ccc(Cl)cc3C(=O)N(C)[C@@H](C)C(=O)N(C)CCCC2)on1. The minimum absolute atomic E-state index is 0.165. The van der Waals surface area contributed by atoms with Crippen molar-refractivity contribution >= 4 is 29.3 Å². The highest BCUT2D eigenvalue weighted by Crippen LogP contribution is 2.25. The lowest BCUT2D eigenvalue weighted by Crippen LogP contribution is -2.47. The average Bonchev–Trinajstić information content (AvgIpc) is 3.37. The van der Waals surface area contributed by atoms with E-state index in [1.165, 1.54) is 4.90 Å². The number of ether oxygens (including phenoxy) is 1. The molecule has 0 N–H and O–H groups in total. The van der Waals surface area contributed by atoms with Crippen molar-refractivity contribution in [3.63, 3.8) is 0 Å². The lowest BCUT2D eigenvalue weighted by atomic mass is 10.1. The Morgan fingerprint density at radius 2 is 1.78 bits per heavy atom. The van der Waals surface area contributed by atoms with E-state index in [1.54, 1.807) is 55.1 Å². The van der Waals surface area contributed by atoms with Gasteiger partial charge >= 0.3 is 0 Å². The number of halogens is 1. The molecule has 0 saturated carbocycles. The van der Waals surface area contributed by atoms with Crippen LogP contribution in [0.2, 0.25) is 5.02 Å². The maximum absolute atomic E-state index is 13.2. The Kier molecular flexibility index (Phi) is 9.75. The van der Waals surface area contributed by atoms with Gasteiger partial charge in [0, 0.05) is 44.8 Å². The molecule has 196 valence electrons. The number of hydrogen-bond donors (Lipinski definition) is 0. The van der Waals surface area contributed by atoms with Gasteiger partial charge in [-0.3, -0.25) is 14.4 Å². The quantitative estimate of drug-likeness (QED) is 0.598. The third kappa shape index (κ3) is 6.78. The van der Waals surface area contributed by atoms with Gasteiger partial charge in [-0.25, -0.2) is 0 Å². The predicted octanol–water partition coefficient (Wildman–Crippen LogP) is 3.90. The minimum Gasteiger partial charge on any atom is -0.493 e. The first-order valence-electron chi connectivity index (χ1n) is 12.4. The molecule has 0 fully saturated rings. The number of amides is 3. The number of hydrogen-bond acceptors (Lipinski definition) is 6. The summed E-state index contributed by atoms with van der Waals surface area (Å²) in [5, 5.41) is 4.35. The summed E-state index contributed by atoms with van der Waals surface area (Å²) in [6.07, 6.45) is 3.53. The first-order chi connectivity index (χ1) is 17.2. The van der Waals surface area contributed by atoms with Gasteiger partial charge in [0.05, 0.1) is 17.9 Å². The van der Waals surface area contributed by atoms with Gasteiger partial charge in [0.2, 0.25) is 11.7 Å². The molecule has 0 aliphatic carbocycles.